The quantitative estimate of drug-likeness (QED) is 0.802. The smallest absolute Gasteiger partial charge is 0.260 e. The third kappa shape index (κ3) is 6.02. The average molecular weight is 356 g/mol. The number of hydrogen-bond donors (Lipinski definition) is 2. The van der Waals surface area contributed by atoms with Crippen molar-refractivity contribution in [2.75, 3.05) is 26.2 Å². The highest BCUT2D eigenvalue weighted by Crippen LogP contribution is 2.18. The van der Waals surface area contributed by atoms with Crippen LogP contribution < -0.4 is 15.8 Å². The molecule has 1 aromatic rings. The van der Waals surface area contributed by atoms with Gasteiger partial charge in [-0.2, -0.15) is 0 Å². The maximum Gasteiger partial charge on any atom is 0.260 e. The SMILES string of the molecule is C[C@@H](CN)NC(=O)C1CCN(C(=O)COc2ccccc2)CC1.Cl. The molecule has 0 bridgehead atoms. The summed E-state index contributed by atoms with van der Waals surface area (Å²) in [5.74, 6) is 0.646. The summed E-state index contributed by atoms with van der Waals surface area (Å²) in [6.07, 6.45) is 1.36. The van der Waals surface area contributed by atoms with E-state index in [-0.39, 0.29) is 42.8 Å². The van der Waals surface area contributed by atoms with Crippen molar-refractivity contribution in [3.8, 4) is 5.75 Å². The normalized spacial score (nSPS) is 16.0. The summed E-state index contributed by atoms with van der Waals surface area (Å²) in [6.45, 7) is 3.53. The minimum atomic E-state index is -0.0389. The van der Waals surface area contributed by atoms with Gasteiger partial charge in [-0.15, -0.1) is 12.4 Å². The van der Waals surface area contributed by atoms with E-state index >= 15 is 0 Å². The van der Waals surface area contributed by atoms with Gasteiger partial charge in [-0.25, -0.2) is 0 Å². The molecule has 0 saturated carbocycles. The van der Waals surface area contributed by atoms with E-state index in [1.807, 2.05) is 37.3 Å². The number of ether oxygens (including phenoxy) is 1. The molecule has 134 valence electrons. The molecule has 1 aliphatic rings. The molecule has 1 saturated heterocycles. The monoisotopic (exact) mass is 355 g/mol. The van der Waals surface area contributed by atoms with Crippen LogP contribution in [0.3, 0.4) is 0 Å². The van der Waals surface area contributed by atoms with Gasteiger partial charge in [-0.1, -0.05) is 18.2 Å². The van der Waals surface area contributed by atoms with E-state index in [4.69, 9.17) is 10.5 Å². The van der Waals surface area contributed by atoms with Crippen LogP contribution in [0.5, 0.6) is 5.75 Å². The Balaban J connectivity index is 0.00000288. The Kier molecular flexibility index (Phi) is 8.57. The fraction of sp³-hybridized carbons (Fsp3) is 0.529. The van der Waals surface area contributed by atoms with Gasteiger partial charge in [-0.3, -0.25) is 9.59 Å². The molecule has 1 atom stereocenters. The Morgan fingerprint density at radius 1 is 1.29 bits per heavy atom. The molecule has 0 aliphatic carbocycles. The summed E-state index contributed by atoms with van der Waals surface area (Å²) in [4.78, 5) is 26.0. The number of benzene rings is 1. The Labute approximate surface area is 149 Å². The molecule has 3 N–H and O–H groups in total. The molecule has 24 heavy (non-hydrogen) atoms. The number of rotatable bonds is 6. The van der Waals surface area contributed by atoms with Gasteiger partial charge in [0.1, 0.15) is 5.75 Å². The van der Waals surface area contributed by atoms with E-state index in [2.05, 4.69) is 5.32 Å². The lowest BCUT2D eigenvalue weighted by molar-refractivity contribution is -0.137. The van der Waals surface area contributed by atoms with Crippen molar-refractivity contribution >= 4 is 24.2 Å². The van der Waals surface area contributed by atoms with Crippen molar-refractivity contribution in [2.45, 2.75) is 25.8 Å². The maximum atomic E-state index is 12.2. The first-order valence-electron chi connectivity index (χ1n) is 8.06. The third-order valence-corrected chi connectivity index (χ3v) is 4.07. The van der Waals surface area contributed by atoms with Gasteiger partial charge in [0, 0.05) is 31.6 Å². The molecule has 2 rings (SSSR count). The maximum absolute atomic E-state index is 12.2. The van der Waals surface area contributed by atoms with Gasteiger partial charge in [0.05, 0.1) is 0 Å². The van der Waals surface area contributed by atoms with Crippen molar-refractivity contribution in [3.05, 3.63) is 30.3 Å². The highest BCUT2D eigenvalue weighted by molar-refractivity contribution is 5.85. The van der Waals surface area contributed by atoms with E-state index < -0.39 is 0 Å². The minimum absolute atomic E-state index is 0. The number of nitrogens with zero attached hydrogens (tertiary/aromatic N) is 1. The Morgan fingerprint density at radius 2 is 1.92 bits per heavy atom. The number of nitrogens with one attached hydrogen (secondary N) is 1. The summed E-state index contributed by atoms with van der Waals surface area (Å²) in [5, 5.41) is 2.90. The van der Waals surface area contributed by atoms with Gasteiger partial charge < -0.3 is 20.7 Å². The summed E-state index contributed by atoms with van der Waals surface area (Å²) in [7, 11) is 0. The van der Waals surface area contributed by atoms with Crippen LogP contribution in [0.15, 0.2) is 30.3 Å². The topological polar surface area (TPSA) is 84.7 Å². The zero-order valence-electron chi connectivity index (χ0n) is 13.9. The first-order valence-corrected chi connectivity index (χ1v) is 8.06. The molecule has 1 fully saturated rings. The number of para-hydroxylation sites is 1. The second-order valence-corrected chi connectivity index (χ2v) is 5.90. The van der Waals surface area contributed by atoms with Crippen LogP contribution in [0.4, 0.5) is 0 Å². The predicted molar refractivity (Wildman–Crippen MR) is 95.1 cm³/mol. The first kappa shape index (κ1) is 20.3. The molecule has 2 amide bonds. The Morgan fingerprint density at radius 3 is 2.50 bits per heavy atom. The van der Waals surface area contributed by atoms with Crippen molar-refractivity contribution in [1.82, 2.24) is 10.2 Å². The van der Waals surface area contributed by atoms with E-state index in [0.29, 0.717) is 38.2 Å². The third-order valence-electron chi connectivity index (χ3n) is 4.07. The fourth-order valence-corrected chi connectivity index (χ4v) is 2.56. The first-order chi connectivity index (χ1) is 11.1. The van der Waals surface area contributed by atoms with Gasteiger partial charge in [0.25, 0.3) is 5.91 Å². The van der Waals surface area contributed by atoms with Crippen LogP contribution in [0.25, 0.3) is 0 Å². The molecule has 1 aromatic carbocycles. The van der Waals surface area contributed by atoms with Crippen molar-refractivity contribution in [1.29, 1.82) is 0 Å². The van der Waals surface area contributed by atoms with E-state index in [9.17, 15) is 9.59 Å². The molecule has 0 unspecified atom stereocenters. The van der Waals surface area contributed by atoms with E-state index in [1.54, 1.807) is 4.90 Å². The van der Waals surface area contributed by atoms with Gasteiger partial charge in [0.2, 0.25) is 5.91 Å². The van der Waals surface area contributed by atoms with Crippen LogP contribution in [0.1, 0.15) is 19.8 Å². The molecule has 1 aliphatic heterocycles. The number of hydrogen-bond acceptors (Lipinski definition) is 4. The lowest BCUT2D eigenvalue weighted by Crippen LogP contribution is -2.47. The highest BCUT2D eigenvalue weighted by atomic mass is 35.5. The highest BCUT2D eigenvalue weighted by Gasteiger charge is 2.27. The van der Waals surface area contributed by atoms with Crippen LogP contribution >= 0.6 is 12.4 Å². The summed E-state index contributed by atoms with van der Waals surface area (Å²) in [6, 6.07) is 9.26. The number of piperidine rings is 1. The van der Waals surface area contributed by atoms with Crippen molar-refractivity contribution < 1.29 is 14.3 Å². The molecular formula is C17H26ClN3O3. The number of amides is 2. The Bertz CT molecular complexity index is 519. The molecule has 0 radical (unpaired) electrons. The van der Waals surface area contributed by atoms with Crippen molar-refractivity contribution in [3.63, 3.8) is 0 Å². The zero-order valence-corrected chi connectivity index (χ0v) is 14.8. The van der Waals surface area contributed by atoms with E-state index in [1.165, 1.54) is 0 Å². The second kappa shape index (κ2) is 10.2. The molecule has 0 aromatic heterocycles. The van der Waals surface area contributed by atoms with E-state index in [0.717, 1.165) is 0 Å². The lowest BCUT2D eigenvalue weighted by atomic mass is 9.95. The van der Waals surface area contributed by atoms with Gasteiger partial charge in [0.15, 0.2) is 6.61 Å². The zero-order chi connectivity index (χ0) is 16.7. The number of carbonyl (C=O) groups excluding carboxylic acids is 2. The van der Waals surface area contributed by atoms with Gasteiger partial charge >= 0.3 is 0 Å². The summed E-state index contributed by atoms with van der Waals surface area (Å²) >= 11 is 0. The summed E-state index contributed by atoms with van der Waals surface area (Å²) in [5.41, 5.74) is 5.51. The average Bonchev–Trinajstić information content (AvgIpc) is 2.60. The summed E-state index contributed by atoms with van der Waals surface area (Å²) < 4.78 is 5.48. The Hall–Kier alpha value is -1.79. The molecule has 1 heterocycles. The number of likely N-dealkylation sites (tertiary alicyclic amines) is 1. The predicted octanol–water partition coefficient (Wildman–Crippen LogP) is 1.19. The largest absolute Gasteiger partial charge is 0.484 e. The van der Waals surface area contributed by atoms with Crippen LogP contribution in [0, 0.1) is 5.92 Å². The fourth-order valence-electron chi connectivity index (χ4n) is 2.56. The number of nitrogens with two attached hydrogens (primary N) is 1. The molecule has 6 nitrogen and oxygen atoms in total. The van der Waals surface area contributed by atoms with Gasteiger partial charge in [-0.05, 0) is 31.9 Å². The molecule has 7 heteroatoms. The van der Waals surface area contributed by atoms with Crippen LogP contribution in [-0.2, 0) is 9.59 Å². The standard InChI is InChI=1S/C17H25N3O3.ClH/c1-13(11-18)19-17(22)14-7-9-20(10-8-14)16(21)12-23-15-5-3-2-4-6-15;/h2-6,13-14H,7-12,18H2,1H3,(H,19,22);1H/t13-;/m0./s1. The lowest BCUT2D eigenvalue weighted by Gasteiger charge is -2.31. The number of carbonyl (C=O) groups is 2. The molecular weight excluding hydrogens is 330 g/mol. The molecule has 0 spiro atoms. The minimum Gasteiger partial charge on any atom is -0.484 e. The van der Waals surface area contributed by atoms with Crippen LogP contribution in [-0.4, -0.2) is 49.0 Å². The van der Waals surface area contributed by atoms with Crippen molar-refractivity contribution in [2.24, 2.45) is 11.7 Å². The number of halogens is 1. The second-order valence-electron chi connectivity index (χ2n) is 5.90. The van der Waals surface area contributed by atoms with Crippen LogP contribution in [0.2, 0.25) is 0 Å².